The monoisotopic (exact) mass is 488 g/mol. The van der Waals surface area contributed by atoms with Crippen molar-refractivity contribution in [2.75, 3.05) is 4.90 Å². The molecule has 7 heteroatoms. The van der Waals surface area contributed by atoms with E-state index in [2.05, 4.69) is 129 Å². The van der Waals surface area contributed by atoms with Crippen LogP contribution in [0.15, 0.2) is 129 Å². The lowest BCUT2D eigenvalue weighted by Crippen LogP contribution is -2.23. The number of hydrogen-bond acceptors (Lipinski definition) is 1. The molecule has 0 aliphatic rings. The van der Waals surface area contributed by atoms with Gasteiger partial charge in [0.2, 0.25) is 19.0 Å². The maximum absolute atomic E-state index is 2.29. The van der Waals surface area contributed by atoms with E-state index in [9.17, 15) is 0 Å². The average Bonchev–Trinajstić information content (AvgIpc) is 3.67. The minimum Gasteiger partial charge on any atom is -0.310 e. The molecule has 0 spiro atoms. The van der Waals surface area contributed by atoms with Gasteiger partial charge < -0.3 is 4.90 Å². The first-order chi connectivity index (χ1) is 18.0. The molecule has 3 aromatic carbocycles. The molecule has 6 aromatic rings. The van der Waals surface area contributed by atoms with Crippen molar-refractivity contribution in [3.63, 3.8) is 0 Å². The van der Waals surface area contributed by atoms with Crippen LogP contribution in [0.2, 0.25) is 0 Å². The molecular weight excluding hydrogens is 458 g/mol. The molecule has 0 atom stereocenters. The topological polar surface area (TPSA) is 29.7 Å². The molecule has 0 radical (unpaired) electrons. The quantitative estimate of drug-likeness (QED) is 0.326. The van der Waals surface area contributed by atoms with Crippen molar-refractivity contribution in [1.82, 2.24) is 13.7 Å². The number of nitrogens with zero attached hydrogens (tertiary/aromatic N) is 7. The van der Waals surface area contributed by atoms with Crippen molar-refractivity contribution >= 4 is 17.1 Å². The summed E-state index contributed by atoms with van der Waals surface area (Å²) in [7, 11) is 6.09. The van der Waals surface area contributed by atoms with Crippen LogP contribution in [0, 0.1) is 0 Å². The summed E-state index contributed by atoms with van der Waals surface area (Å²) in [5, 5.41) is 0. The van der Waals surface area contributed by atoms with Gasteiger partial charge in [0.1, 0.15) is 54.2 Å². The Hall–Kier alpha value is -4.91. The maximum Gasteiger partial charge on any atom is 0.248 e. The van der Waals surface area contributed by atoms with Gasteiger partial charge in [0.25, 0.3) is 0 Å². The number of imidazole rings is 3. The van der Waals surface area contributed by atoms with Crippen LogP contribution in [-0.2, 0) is 21.1 Å². The molecule has 0 N–H and O–H groups in total. The Kier molecular flexibility index (Phi) is 5.65. The van der Waals surface area contributed by atoms with Crippen molar-refractivity contribution < 1.29 is 13.7 Å². The van der Waals surface area contributed by atoms with Gasteiger partial charge in [-0.15, -0.1) is 0 Å². The first-order valence-corrected chi connectivity index (χ1v) is 12.2. The predicted octanol–water partition coefficient (Wildman–Crippen LogP) is 4.00. The molecule has 6 rings (SSSR count). The van der Waals surface area contributed by atoms with Gasteiger partial charge in [-0.1, -0.05) is 0 Å². The van der Waals surface area contributed by atoms with Crippen molar-refractivity contribution in [2.45, 2.75) is 0 Å². The first-order valence-electron chi connectivity index (χ1n) is 12.2. The molecule has 0 aliphatic heterocycles. The number of hydrogen-bond donors (Lipinski definition) is 0. The van der Waals surface area contributed by atoms with E-state index in [0.717, 1.165) is 34.1 Å². The van der Waals surface area contributed by atoms with E-state index in [1.54, 1.807) is 0 Å². The van der Waals surface area contributed by atoms with E-state index < -0.39 is 0 Å². The van der Waals surface area contributed by atoms with Crippen LogP contribution in [0.25, 0.3) is 17.1 Å². The van der Waals surface area contributed by atoms with Crippen LogP contribution < -0.4 is 18.6 Å². The van der Waals surface area contributed by atoms with Crippen LogP contribution in [-0.4, -0.2) is 13.7 Å². The molecule has 37 heavy (non-hydrogen) atoms. The Morgan fingerprint density at radius 1 is 0.432 bits per heavy atom. The second-order valence-electron chi connectivity index (χ2n) is 9.34. The SMILES string of the molecule is C[n+]1ccn(-c2ccc(N(c3ccc(-n4cc[n+](C)c4)cc3)c3ccc(-n4cc[n+](C)c4)cc3)cc2)c1. The van der Waals surface area contributed by atoms with Gasteiger partial charge >= 0.3 is 0 Å². The lowest BCUT2D eigenvalue weighted by Gasteiger charge is -2.25. The van der Waals surface area contributed by atoms with Gasteiger partial charge in [0, 0.05) is 17.1 Å². The summed E-state index contributed by atoms with van der Waals surface area (Å²) in [5.74, 6) is 0. The molecule has 7 nitrogen and oxygen atoms in total. The molecule has 3 aromatic heterocycles. The summed E-state index contributed by atoms with van der Waals surface area (Å²) >= 11 is 0. The minimum atomic E-state index is 1.10. The zero-order valence-corrected chi connectivity index (χ0v) is 21.3. The van der Waals surface area contributed by atoms with Gasteiger partial charge in [-0.05, 0) is 72.8 Å². The molecule has 0 fully saturated rings. The Labute approximate surface area is 216 Å². The maximum atomic E-state index is 2.29. The molecule has 0 aliphatic carbocycles. The van der Waals surface area contributed by atoms with E-state index >= 15 is 0 Å². The van der Waals surface area contributed by atoms with E-state index in [1.165, 1.54) is 0 Å². The Balaban J connectivity index is 1.38. The number of aromatic nitrogens is 6. The fourth-order valence-electron chi connectivity index (χ4n) is 4.58. The zero-order valence-electron chi connectivity index (χ0n) is 21.3. The smallest absolute Gasteiger partial charge is 0.248 e. The third kappa shape index (κ3) is 4.54. The zero-order chi connectivity index (χ0) is 25.4. The number of benzene rings is 3. The largest absolute Gasteiger partial charge is 0.310 e. The summed E-state index contributed by atoms with van der Waals surface area (Å²) in [5.41, 5.74) is 6.66. The molecule has 0 saturated heterocycles. The Morgan fingerprint density at radius 2 is 0.703 bits per heavy atom. The fourth-order valence-corrected chi connectivity index (χ4v) is 4.58. The van der Waals surface area contributed by atoms with Crippen LogP contribution in [0.1, 0.15) is 0 Å². The van der Waals surface area contributed by atoms with E-state index in [0.29, 0.717) is 0 Å². The molecule has 3 heterocycles. The highest BCUT2D eigenvalue weighted by atomic mass is 15.2. The highest BCUT2D eigenvalue weighted by Gasteiger charge is 2.16. The highest BCUT2D eigenvalue weighted by molar-refractivity contribution is 5.77. The standard InChI is InChI=1S/C30H30N7/c1-31-16-19-34(22-31)25-4-10-28(11-5-25)37(29-12-6-26(7-13-29)35-20-17-32(2)23-35)30-14-8-27(9-15-30)36-21-18-33(3)24-36/h4-24H,1-3H3/q+3. The van der Waals surface area contributed by atoms with Crippen molar-refractivity contribution in [1.29, 1.82) is 0 Å². The van der Waals surface area contributed by atoms with Gasteiger partial charge in [0.05, 0.1) is 21.1 Å². The van der Waals surface area contributed by atoms with Gasteiger partial charge in [-0.3, -0.25) is 0 Å². The second kappa shape index (κ2) is 9.28. The third-order valence-corrected chi connectivity index (χ3v) is 6.52. The van der Waals surface area contributed by atoms with Crippen molar-refractivity contribution in [2.24, 2.45) is 21.1 Å². The van der Waals surface area contributed by atoms with Crippen molar-refractivity contribution in [3.8, 4) is 17.1 Å². The lowest BCUT2D eigenvalue weighted by atomic mass is 10.1. The third-order valence-electron chi connectivity index (χ3n) is 6.52. The lowest BCUT2D eigenvalue weighted by molar-refractivity contribution is -0.670. The summed E-state index contributed by atoms with van der Waals surface area (Å²) in [6, 6.07) is 26.0. The van der Waals surface area contributed by atoms with E-state index in [-0.39, 0.29) is 0 Å². The van der Waals surface area contributed by atoms with Gasteiger partial charge in [-0.2, -0.15) is 0 Å². The second-order valence-corrected chi connectivity index (χ2v) is 9.34. The van der Waals surface area contributed by atoms with Crippen LogP contribution in [0.3, 0.4) is 0 Å². The molecule has 0 unspecified atom stereocenters. The van der Waals surface area contributed by atoms with E-state index in [1.807, 2.05) is 53.4 Å². The fraction of sp³-hybridized carbons (Fsp3) is 0.100. The predicted molar refractivity (Wildman–Crippen MR) is 143 cm³/mol. The van der Waals surface area contributed by atoms with Crippen LogP contribution in [0.5, 0.6) is 0 Å². The normalized spacial score (nSPS) is 11.1. The Bertz CT molecular complexity index is 1440. The average molecular weight is 489 g/mol. The molecule has 0 saturated carbocycles. The molecule has 182 valence electrons. The van der Waals surface area contributed by atoms with Crippen LogP contribution >= 0.6 is 0 Å². The number of aryl methyl sites for hydroxylation is 3. The number of anilines is 3. The summed E-state index contributed by atoms with van der Waals surface area (Å²) in [4.78, 5) is 2.29. The summed E-state index contributed by atoms with van der Waals surface area (Å²) < 4.78 is 12.5. The summed E-state index contributed by atoms with van der Waals surface area (Å²) in [6.07, 6.45) is 18.5. The molecule has 0 amide bonds. The Morgan fingerprint density at radius 3 is 0.919 bits per heavy atom. The summed E-state index contributed by atoms with van der Waals surface area (Å²) in [6.45, 7) is 0. The minimum absolute atomic E-state index is 1.10. The van der Waals surface area contributed by atoms with Crippen LogP contribution in [0.4, 0.5) is 17.1 Å². The van der Waals surface area contributed by atoms with Crippen molar-refractivity contribution in [3.05, 3.63) is 129 Å². The number of rotatable bonds is 6. The first kappa shape index (κ1) is 22.5. The van der Waals surface area contributed by atoms with Gasteiger partial charge in [0.15, 0.2) is 0 Å². The van der Waals surface area contributed by atoms with E-state index in [4.69, 9.17) is 0 Å². The molecular formula is C30H30N7+3. The molecule has 0 bridgehead atoms. The van der Waals surface area contributed by atoms with Gasteiger partial charge in [-0.25, -0.2) is 27.4 Å². The highest BCUT2D eigenvalue weighted by Crippen LogP contribution is 2.35.